The van der Waals surface area contributed by atoms with Crippen molar-refractivity contribution in [1.82, 2.24) is 29.7 Å². The number of fused-ring (bicyclic) bond motifs is 1. The Morgan fingerprint density at radius 3 is 2.54 bits per heavy atom. The fraction of sp³-hybridized carbons (Fsp3) is 0.364. The molecule has 2 aromatic heterocycles. The van der Waals surface area contributed by atoms with Gasteiger partial charge < -0.3 is 15.1 Å². The largest absolute Gasteiger partial charge is 0.418 e. The minimum Gasteiger partial charge on any atom is -0.338 e. The summed E-state index contributed by atoms with van der Waals surface area (Å²) in [5, 5.41) is 2.49. The first-order valence-corrected chi connectivity index (χ1v) is 10.9. The second kappa shape index (κ2) is 9.55. The molecule has 0 spiro atoms. The van der Waals surface area contributed by atoms with Gasteiger partial charge in [0.1, 0.15) is 5.78 Å². The van der Waals surface area contributed by atoms with Crippen LogP contribution in [0.3, 0.4) is 0 Å². The van der Waals surface area contributed by atoms with Crippen LogP contribution in [0, 0.1) is 6.92 Å². The molecule has 0 bridgehead atoms. The average Bonchev–Trinajstić information content (AvgIpc) is 3.23. The van der Waals surface area contributed by atoms with E-state index in [4.69, 9.17) is 0 Å². The second-order valence-electron chi connectivity index (χ2n) is 8.51. The number of hydrogen-bond acceptors (Lipinski definition) is 9. The predicted molar refractivity (Wildman–Crippen MR) is 122 cm³/mol. The van der Waals surface area contributed by atoms with Crippen LogP contribution in [0.2, 0.25) is 0 Å². The van der Waals surface area contributed by atoms with Crippen molar-refractivity contribution >= 4 is 35.8 Å². The van der Waals surface area contributed by atoms with E-state index in [1.807, 2.05) is 0 Å². The Kier molecular flexibility index (Phi) is 6.62. The lowest BCUT2D eigenvalue weighted by molar-refractivity contribution is -0.140. The third-order valence-corrected chi connectivity index (χ3v) is 5.75. The summed E-state index contributed by atoms with van der Waals surface area (Å²) in [7, 11) is 1.44. The van der Waals surface area contributed by atoms with Crippen molar-refractivity contribution in [3.63, 3.8) is 0 Å². The Hall–Kier alpha value is -4.43. The van der Waals surface area contributed by atoms with Crippen LogP contribution in [0.25, 0.3) is 11.3 Å². The van der Waals surface area contributed by atoms with Gasteiger partial charge in [0.05, 0.1) is 43.1 Å². The number of amides is 4. The van der Waals surface area contributed by atoms with E-state index in [-0.39, 0.29) is 35.1 Å². The molecule has 0 aliphatic carbocycles. The summed E-state index contributed by atoms with van der Waals surface area (Å²) in [5.74, 6) is -1.71. The van der Waals surface area contributed by atoms with Crippen molar-refractivity contribution in [1.29, 1.82) is 0 Å². The molecule has 12 nitrogen and oxygen atoms in total. The van der Waals surface area contributed by atoms with E-state index in [1.54, 1.807) is 0 Å². The van der Waals surface area contributed by atoms with Crippen LogP contribution in [0.4, 0.5) is 23.8 Å². The number of anilines is 1. The summed E-state index contributed by atoms with van der Waals surface area (Å²) >= 11 is 0. The van der Waals surface area contributed by atoms with Gasteiger partial charge in [-0.2, -0.15) is 13.2 Å². The van der Waals surface area contributed by atoms with E-state index in [9.17, 15) is 32.3 Å². The number of imide groups is 1. The highest BCUT2D eigenvalue weighted by Gasteiger charge is 2.50. The van der Waals surface area contributed by atoms with E-state index < -0.39 is 48.3 Å². The first kappa shape index (κ1) is 25.7. The number of nitrogens with one attached hydrogen (secondary N) is 1. The van der Waals surface area contributed by atoms with E-state index in [2.05, 4.69) is 25.3 Å². The highest BCUT2D eigenvalue weighted by atomic mass is 19.4. The predicted octanol–water partition coefficient (Wildman–Crippen LogP) is 1.33. The lowest BCUT2D eigenvalue weighted by Gasteiger charge is -2.40. The maximum atomic E-state index is 13.3. The molecule has 4 rings (SSSR count). The van der Waals surface area contributed by atoms with Gasteiger partial charge in [-0.1, -0.05) is 0 Å². The highest BCUT2D eigenvalue weighted by molar-refractivity contribution is 6.05. The number of aryl methyl sites for hydroxylation is 1. The molecule has 37 heavy (non-hydrogen) atoms. The standard InChI is InChI=1S/C22H21F3N8O4/c1-11(34)8-33-20(36)18-19(31(3)21(33)37)28-10-32(18)9-17(35)30-16-7-26-6-15(29-16)13-4-14(22(23,24)25)12(2)27-5-13/h4-7,10,18-19H,8-9H2,1-3H3,(H,29,30,35). The number of carbonyl (C=O) groups is 4. The highest BCUT2D eigenvalue weighted by Crippen LogP contribution is 2.33. The SMILES string of the molecule is CC(=O)CN1C(=O)C2C(N=CN2CC(=O)Nc2cncc(-c3cnc(C)c(C(F)(F)F)c3)n2)N(C)C1=O. The third-order valence-electron chi connectivity index (χ3n) is 5.75. The van der Waals surface area contributed by atoms with Crippen molar-refractivity contribution < 1.29 is 32.3 Å². The van der Waals surface area contributed by atoms with Gasteiger partial charge in [-0.15, -0.1) is 0 Å². The fourth-order valence-electron chi connectivity index (χ4n) is 4.00. The Morgan fingerprint density at radius 2 is 1.86 bits per heavy atom. The molecule has 1 N–H and O–H groups in total. The molecule has 1 fully saturated rings. The van der Waals surface area contributed by atoms with Gasteiger partial charge in [0.15, 0.2) is 18.0 Å². The Morgan fingerprint density at radius 1 is 1.14 bits per heavy atom. The van der Waals surface area contributed by atoms with E-state index in [0.717, 1.165) is 11.0 Å². The fourth-order valence-corrected chi connectivity index (χ4v) is 4.00. The number of urea groups is 1. The quantitative estimate of drug-likeness (QED) is 0.604. The first-order chi connectivity index (χ1) is 17.4. The number of nitrogens with zero attached hydrogens (tertiary/aromatic N) is 7. The van der Waals surface area contributed by atoms with Gasteiger partial charge in [-0.25, -0.2) is 14.8 Å². The maximum Gasteiger partial charge on any atom is 0.418 e. The van der Waals surface area contributed by atoms with Crippen molar-refractivity contribution in [3.8, 4) is 11.3 Å². The van der Waals surface area contributed by atoms with Crippen LogP contribution in [-0.4, -0.2) is 92.0 Å². The molecule has 2 aromatic rings. The van der Waals surface area contributed by atoms with E-state index in [1.165, 1.54) is 55.6 Å². The van der Waals surface area contributed by atoms with E-state index in [0.29, 0.717) is 0 Å². The molecular weight excluding hydrogens is 497 g/mol. The molecule has 2 atom stereocenters. The van der Waals surface area contributed by atoms with Crippen LogP contribution in [0.5, 0.6) is 0 Å². The van der Waals surface area contributed by atoms with Gasteiger partial charge in [0.2, 0.25) is 5.91 Å². The zero-order valence-corrected chi connectivity index (χ0v) is 19.9. The number of aromatic nitrogens is 3. The number of halogens is 3. The molecule has 0 saturated carbocycles. The molecule has 0 aromatic carbocycles. The average molecular weight is 518 g/mol. The van der Waals surface area contributed by atoms with Gasteiger partial charge in [0, 0.05) is 24.5 Å². The van der Waals surface area contributed by atoms with Gasteiger partial charge in [0.25, 0.3) is 5.91 Å². The van der Waals surface area contributed by atoms with Gasteiger partial charge in [-0.05, 0) is 19.9 Å². The van der Waals surface area contributed by atoms with Crippen molar-refractivity contribution in [2.45, 2.75) is 32.2 Å². The number of ketones is 1. The zero-order valence-electron chi connectivity index (χ0n) is 19.9. The van der Waals surface area contributed by atoms with Crippen LogP contribution in [-0.2, 0) is 20.6 Å². The molecule has 0 radical (unpaired) electrons. The maximum absolute atomic E-state index is 13.3. The van der Waals surface area contributed by atoms with Crippen LogP contribution < -0.4 is 5.32 Å². The summed E-state index contributed by atoms with van der Waals surface area (Å²) in [4.78, 5) is 69.0. The number of pyridine rings is 1. The number of hydrogen-bond donors (Lipinski definition) is 1. The molecule has 194 valence electrons. The third kappa shape index (κ3) is 5.10. The molecule has 4 heterocycles. The summed E-state index contributed by atoms with van der Waals surface area (Å²) in [6.07, 6.45) is -0.529. The topological polar surface area (TPSA) is 141 Å². The molecule has 2 aliphatic heterocycles. The normalized spacial score (nSPS) is 19.4. The Balaban J connectivity index is 1.48. The number of likely N-dealkylation sites (N-methyl/N-ethyl adjacent to an activating group) is 1. The smallest absolute Gasteiger partial charge is 0.338 e. The van der Waals surface area contributed by atoms with Crippen LogP contribution in [0.15, 0.2) is 29.6 Å². The zero-order chi connectivity index (χ0) is 27.1. The Labute approximate surface area is 208 Å². The molecule has 15 heteroatoms. The van der Waals surface area contributed by atoms with Crippen molar-refractivity contribution in [3.05, 3.63) is 35.9 Å². The first-order valence-electron chi connectivity index (χ1n) is 10.9. The molecule has 4 amide bonds. The lowest BCUT2D eigenvalue weighted by Crippen LogP contribution is -2.65. The van der Waals surface area contributed by atoms with Crippen molar-refractivity contribution in [2.24, 2.45) is 4.99 Å². The summed E-state index contributed by atoms with van der Waals surface area (Å²) in [6, 6.07) is -0.779. The molecule has 2 aliphatic rings. The van der Waals surface area contributed by atoms with Crippen LogP contribution in [0.1, 0.15) is 18.2 Å². The van der Waals surface area contributed by atoms with Crippen molar-refractivity contribution in [2.75, 3.05) is 25.5 Å². The number of carbonyl (C=O) groups excluding carboxylic acids is 4. The number of Topliss-reactive ketones (excluding diaryl/α,β-unsaturated/α-hetero) is 1. The summed E-state index contributed by atoms with van der Waals surface area (Å²) < 4.78 is 39.8. The Bertz CT molecular complexity index is 1320. The lowest BCUT2D eigenvalue weighted by atomic mass is 10.1. The molecular formula is C22H21F3N8O4. The van der Waals surface area contributed by atoms with Gasteiger partial charge >= 0.3 is 12.2 Å². The van der Waals surface area contributed by atoms with Crippen LogP contribution >= 0.6 is 0 Å². The minimum atomic E-state index is -4.60. The van der Waals surface area contributed by atoms with Gasteiger partial charge in [-0.3, -0.25) is 29.3 Å². The number of alkyl halides is 3. The molecule has 2 unspecified atom stereocenters. The number of aliphatic imine (C=N–C) groups is 1. The molecule has 1 saturated heterocycles. The summed E-state index contributed by atoms with van der Waals surface area (Å²) in [5.41, 5.74) is -0.988. The second-order valence-corrected chi connectivity index (χ2v) is 8.51. The van der Waals surface area contributed by atoms with E-state index >= 15 is 0 Å². The monoisotopic (exact) mass is 518 g/mol. The summed E-state index contributed by atoms with van der Waals surface area (Å²) in [6.45, 7) is 1.72. The minimum absolute atomic E-state index is 0.0372. The number of rotatable bonds is 6.